The minimum atomic E-state index is -2.01. The topological polar surface area (TPSA) is 411 Å². The van der Waals surface area contributed by atoms with Gasteiger partial charge in [0.1, 0.15) is 110 Å². The third kappa shape index (κ3) is 10.00. The van der Waals surface area contributed by atoms with Gasteiger partial charge in [-0.1, -0.05) is 0 Å². The Morgan fingerprint density at radius 3 is 1.08 bits per heavy atom. The zero-order valence-corrected chi connectivity index (χ0v) is 31.0. The van der Waals surface area contributed by atoms with E-state index in [-0.39, 0.29) is 6.61 Å². The lowest BCUT2D eigenvalue weighted by atomic mass is 9.98. The van der Waals surface area contributed by atoms with E-state index in [1.807, 2.05) is 0 Å². The Morgan fingerprint density at radius 1 is 0.424 bits per heavy atom. The quantitative estimate of drug-likeness (QED) is 0.0866. The Hall–Kier alpha value is -1.53. The molecular weight excluding hydrogens is 816 g/mol. The normalized spacial score (nSPS) is 52.5. The zero-order chi connectivity index (χ0) is 43.0. The van der Waals surface area contributed by atoms with Crippen LogP contribution in [0.25, 0.3) is 0 Å². The monoisotopic (exact) mass is 868 g/mol. The Balaban J connectivity index is 0.943. The van der Waals surface area contributed by atoms with Crippen molar-refractivity contribution < 1.29 is 133 Å². The van der Waals surface area contributed by atoms with Gasteiger partial charge in [-0.15, -0.1) is 0 Å². The first-order chi connectivity index (χ1) is 27.9. The fourth-order valence-corrected chi connectivity index (χ4v) is 7.22. The largest absolute Gasteiger partial charge is 0.479 e. The van der Waals surface area contributed by atoms with E-state index in [1.165, 1.54) is 0 Å². The fourth-order valence-electron chi connectivity index (χ4n) is 7.22. The molecule has 6 fully saturated rings. The zero-order valence-electron chi connectivity index (χ0n) is 31.0. The number of aliphatic hydroxyl groups is 13. The number of rotatable bonds is 12. The maximum atomic E-state index is 11.4. The standard InChI is InChI=1S/C32H52O27/c1-48-23-22(44)24(27(47)58-25(23)26(45)46)59-32-21(43)16(38)11(6-53-32)57-31-20(42)15(37)10(5-52-31)56-30-19(41)14(36)9(4-51-30)55-29-18(40)13(35)8(3-50-29)54-28-17(39)12(34)7(33)2-49-28/h7-25,27-44,47H,2-6H2,1H3,(H,45,46)/t7-,8-,9-,10-,11-,12+,13+,14+,15+,16+,17-,18-,19-,20-,21-,22+,23+,24-,25+,27+,28+,29+,30+,31+,32+/m1/s1. The van der Waals surface area contributed by atoms with Gasteiger partial charge in [0, 0.05) is 7.11 Å². The van der Waals surface area contributed by atoms with Crippen molar-refractivity contribution in [2.45, 2.75) is 154 Å². The van der Waals surface area contributed by atoms with Crippen molar-refractivity contribution >= 4 is 5.97 Å². The predicted octanol–water partition coefficient (Wildman–Crippen LogP) is -10.2. The van der Waals surface area contributed by atoms with Crippen LogP contribution in [-0.2, 0) is 61.6 Å². The molecule has 0 saturated carbocycles. The van der Waals surface area contributed by atoms with E-state index in [9.17, 15) is 76.3 Å². The van der Waals surface area contributed by atoms with Gasteiger partial charge in [0.25, 0.3) is 0 Å². The molecule has 6 aliphatic rings. The van der Waals surface area contributed by atoms with Crippen molar-refractivity contribution in [2.24, 2.45) is 0 Å². The third-order valence-corrected chi connectivity index (χ3v) is 10.8. The third-order valence-electron chi connectivity index (χ3n) is 10.8. The summed E-state index contributed by atoms with van der Waals surface area (Å²) >= 11 is 0. The summed E-state index contributed by atoms with van der Waals surface area (Å²) in [5.41, 5.74) is 0. The summed E-state index contributed by atoms with van der Waals surface area (Å²) < 4.78 is 64.5. The Morgan fingerprint density at radius 2 is 0.746 bits per heavy atom. The van der Waals surface area contributed by atoms with Crippen LogP contribution in [0.5, 0.6) is 0 Å². The highest BCUT2D eigenvalue weighted by atomic mass is 16.8. The summed E-state index contributed by atoms with van der Waals surface area (Å²) in [5.74, 6) is -1.54. The number of methoxy groups -OCH3 is 1. The summed E-state index contributed by atoms with van der Waals surface area (Å²) in [7, 11) is 1.09. The van der Waals surface area contributed by atoms with Gasteiger partial charge in [0.2, 0.25) is 0 Å². The summed E-state index contributed by atoms with van der Waals surface area (Å²) in [6.45, 7) is -2.34. The summed E-state index contributed by atoms with van der Waals surface area (Å²) in [6.07, 6.45) is -41.4. The maximum Gasteiger partial charge on any atom is 0.335 e. The number of hydrogen-bond acceptors (Lipinski definition) is 26. The van der Waals surface area contributed by atoms with Gasteiger partial charge < -0.3 is 128 Å². The van der Waals surface area contributed by atoms with E-state index in [0.717, 1.165) is 7.11 Å². The van der Waals surface area contributed by atoms with Crippen LogP contribution in [-0.4, -0.2) is 271 Å². The van der Waals surface area contributed by atoms with Crippen molar-refractivity contribution in [1.82, 2.24) is 0 Å². The molecule has 0 radical (unpaired) electrons. The number of carboxylic acids is 1. The maximum absolute atomic E-state index is 11.4. The van der Waals surface area contributed by atoms with Gasteiger partial charge in [-0.05, 0) is 0 Å². The van der Waals surface area contributed by atoms with Gasteiger partial charge in [0.05, 0.1) is 33.0 Å². The number of carboxylic acid groups (broad SMARTS) is 1. The van der Waals surface area contributed by atoms with E-state index < -0.39 is 186 Å². The van der Waals surface area contributed by atoms with Crippen LogP contribution in [0.3, 0.4) is 0 Å². The first-order valence-corrected chi connectivity index (χ1v) is 18.5. The van der Waals surface area contributed by atoms with Crippen molar-refractivity contribution in [3.8, 4) is 0 Å². The number of carbonyl (C=O) groups is 1. The first kappa shape index (κ1) is 47.0. The van der Waals surface area contributed by atoms with E-state index >= 15 is 0 Å². The molecule has 0 spiro atoms. The molecule has 0 aromatic carbocycles. The van der Waals surface area contributed by atoms with Crippen LogP contribution in [0.1, 0.15) is 0 Å². The second-order valence-electron chi connectivity index (χ2n) is 14.8. The average molecular weight is 869 g/mol. The predicted molar refractivity (Wildman–Crippen MR) is 174 cm³/mol. The number of aliphatic hydroxyl groups excluding tert-OH is 13. The number of hydrogen-bond donors (Lipinski definition) is 14. The minimum absolute atomic E-state index is 0.376. The van der Waals surface area contributed by atoms with E-state index in [0.29, 0.717) is 0 Å². The first-order valence-electron chi connectivity index (χ1n) is 18.5. The summed E-state index contributed by atoms with van der Waals surface area (Å²) in [5, 5.41) is 146. The molecule has 342 valence electrons. The Labute approximate surface area is 333 Å². The molecule has 0 aromatic heterocycles. The van der Waals surface area contributed by atoms with E-state index in [1.54, 1.807) is 0 Å². The van der Waals surface area contributed by atoms with Crippen LogP contribution in [0.15, 0.2) is 0 Å². The van der Waals surface area contributed by atoms with Crippen LogP contribution in [0, 0.1) is 0 Å². The summed E-state index contributed by atoms with van der Waals surface area (Å²) in [4.78, 5) is 11.4. The minimum Gasteiger partial charge on any atom is -0.479 e. The molecule has 0 unspecified atom stereocenters. The van der Waals surface area contributed by atoms with E-state index in [2.05, 4.69) is 0 Å². The molecule has 25 atom stereocenters. The number of aliphatic carboxylic acids is 1. The van der Waals surface area contributed by atoms with E-state index in [4.69, 9.17) is 56.8 Å². The van der Waals surface area contributed by atoms with Gasteiger partial charge in [-0.2, -0.15) is 0 Å². The Kier molecular flexibility index (Phi) is 15.8. The highest BCUT2D eigenvalue weighted by molar-refractivity contribution is 5.73. The lowest BCUT2D eigenvalue weighted by molar-refractivity contribution is -0.369. The van der Waals surface area contributed by atoms with Crippen LogP contribution < -0.4 is 0 Å². The summed E-state index contributed by atoms with van der Waals surface area (Å²) in [6, 6.07) is 0. The van der Waals surface area contributed by atoms with Crippen LogP contribution in [0.4, 0.5) is 0 Å². The molecule has 0 bridgehead atoms. The average Bonchev–Trinajstić information content (AvgIpc) is 3.20. The molecule has 59 heavy (non-hydrogen) atoms. The molecule has 6 heterocycles. The molecule has 27 nitrogen and oxygen atoms in total. The van der Waals surface area contributed by atoms with Crippen LogP contribution >= 0.6 is 0 Å². The SMILES string of the molecule is CO[C@H]1[C@H](O)[C@@H](O[C@@H]2OC[C@@H](O[C@@H]3OC[C@@H](O[C@@H]4OC[C@@H](O[C@@H]5OC[C@@H](O[C@@H]6OC[C@@H](O)[C@H](O)[C@H]6O)[C@H](O)[C@H]5O)[C@H](O)[C@H]4O)[C@H](O)[C@H]3O)[C@H](O)[C@H]2O)[C@@H](O)O[C@@H]1C(=O)O. The van der Waals surface area contributed by atoms with Crippen molar-refractivity contribution in [3.05, 3.63) is 0 Å². The Bertz CT molecular complexity index is 1350. The lowest BCUT2D eigenvalue weighted by Crippen LogP contribution is -2.64. The van der Waals surface area contributed by atoms with Gasteiger partial charge >= 0.3 is 5.97 Å². The molecule has 0 aliphatic carbocycles. The molecule has 0 amide bonds. The smallest absolute Gasteiger partial charge is 0.335 e. The highest BCUT2D eigenvalue weighted by Gasteiger charge is 2.53. The molecular formula is C32H52O27. The molecule has 6 rings (SSSR count). The van der Waals surface area contributed by atoms with Crippen LogP contribution in [0.2, 0.25) is 0 Å². The van der Waals surface area contributed by atoms with Crippen molar-refractivity contribution in [1.29, 1.82) is 0 Å². The van der Waals surface area contributed by atoms with Gasteiger partial charge in [-0.25, -0.2) is 4.79 Å². The second-order valence-corrected chi connectivity index (χ2v) is 14.8. The number of ether oxygens (including phenoxy) is 12. The molecule has 14 N–H and O–H groups in total. The molecule has 6 aliphatic heterocycles. The van der Waals surface area contributed by atoms with Gasteiger partial charge in [-0.3, -0.25) is 0 Å². The van der Waals surface area contributed by atoms with Crippen molar-refractivity contribution in [3.63, 3.8) is 0 Å². The fraction of sp³-hybridized carbons (Fsp3) is 0.969. The molecule has 6 saturated heterocycles. The van der Waals surface area contributed by atoms with Gasteiger partial charge in [0.15, 0.2) is 43.8 Å². The van der Waals surface area contributed by atoms with Crippen molar-refractivity contribution in [2.75, 3.05) is 40.1 Å². The molecule has 0 aromatic rings. The molecule has 27 heteroatoms. The highest BCUT2D eigenvalue weighted by Crippen LogP contribution is 2.32. The second kappa shape index (κ2) is 19.9. The lowest BCUT2D eigenvalue weighted by Gasteiger charge is -2.46.